The number of carbonyl (C=O) groups is 1. The Bertz CT molecular complexity index is 537. The number of aromatic nitrogens is 3. The number of carboxylic acid groups (broad SMARTS) is 1. The minimum Gasteiger partial charge on any atom is -0.477 e. The van der Waals surface area contributed by atoms with Crippen molar-refractivity contribution in [3.05, 3.63) is 23.5 Å². The number of hydrogen-bond donors (Lipinski definition) is 3. The van der Waals surface area contributed by atoms with Crippen molar-refractivity contribution in [2.75, 3.05) is 0 Å². The van der Waals surface area contributed by atoms with Gasteiger partial charge in [-0.1, -0.05) is 0 Å². The van der Waals surface area contributed by atoms with Gasteiger partial charge in [0, 0.05) is 0 Å². The van der Waals surface area contributed by atoms with Crippen molar-refractivity contribution < 1.29 is 15.0 Å². The number of aliphatic hydroxyl groups is 1. The number of thiol groups is 1. The summed E-state index contributed by atoms with van der Waals surface area (Å²) in [6, 6.07) is 1.52. The third-order valence-electron chi connectivity index (χ3n) is 1.92. The lowest BCUT2D eigenvalue weighted by Gasteiger charge is -2.01. The molecular formula is C8H7N3O3S. The maximum atomic E-state index is 10.8. The van der Waals surface area contributed by atoms with Crippen LogP contribution in [0.1, 0.15) is 16.1 Å². The zero-order valence-corrected chi connectivity index (χ0v) is 8.35. The van der Waals surface area contributed by atoms with E-state index in [1.54, 1.807) is 0 Å². The Morgan fingerprint density at radius 3 is 2.93 bits per heavy atom. The van der Waals surface area contributed by atoms with E-state index < -0.39 is 5.97 Å². The molecule has 7 heteroatoms. The first-order valence-corrected chi connectivity index (χ1v) is 4.49. The number of hydrogen-bond acceptors (Lipinski definition) is 5. The number of rotatable bonds is 2. The van der Waals surface area contributed by atoms with Gasteiger partial charge in [0.15, 0.2) is 5.65 Å². The number of fused-ring (bicyclic) bond motifs is 1. The van der Waals surface area contributed by atoms with Gasteiger partial charge in [-0.25, -0.2) is 14.3 Å². The summed E-state index contributed by atoms with van der Waals surface area (Å²) >= 11 is 4.02. The maximum Gasteiger partial charge on any atom is 0.341 e. The largest absolute Gasteiger partial charge is 0.477 e. The fourth-order valence-corrected chi connectivity index (χ4v) is 1.52. The van der Waals surface area contributed by atoms with Crippen LogP contribution in [0.4, 0.5) is 0 Å². The molecule has 0 fully saturated rings. The first kappa shape index (κ1) is 9.94. The van der Waals surface area contributed by atoms with E-state index in [1.807, 2.05) is 0 Å². The van der Waals surface area contributed by atoms with Crippen LogP contribution in [0.3, 0.4) is 0 Å². The number of aliphatic hydroxyl groups excluding tert-OH is 1. The van der Waals surface area contributed by atoms with Crippen LogP contribution in [0.25, 0.3) is 5.65 Å². The van der Waals surface area contributed by atoms with Crippen molar-refractivity contribution in [3.63, 3.8) is 0 Å². The van der Waals surface area contributed by atoms with E-state index in [1.165, 1.54) is 16.8 Å². The quantitative estimate of drug-likeness (QED) is 0.502. The summed E-state index contributed by atoms with van der Waals surface area (Å²) < 4.78 is 1.28. The van der Waals surface area contributed by atoms with Gasteiger partial charge in [-0.2, -0.15) is 5.10 Å². The average Bonchev–Trinajstić information content (AvgIpc) is 2.59. The third kappa shape index (κ3) is 1.55. The Labute approximate surface area is 89.6 Å². The number of nitrogens with zero attached hydrogens (tertiary/aromatic N) is 3. The van der Waals surface area contributed by atoms with Crippen molar-refractivity contribution in [1.29, 1.82) is 0 Å². The van der Waals surface area contributed by atoms with E-state index in [9.17, 15) is 4.79 Å². The molecule has 0 saturated heterocycles. The van der Waals surface area contributed by atoms with Gasteiger partial charge in [-0.3, -0.25) is 0 Å². The second-order valence-corrected chi connectivity index (χ2v) is 3.32. The zero-order chi connectivity index (χ0) is 11.0. The normalized spacial score (nSPS) is 10.8. The predicted molar refractivity (Wildman–Crippen MR) is 53.1 cm³/mol. The van der Waals surface area contributed by atoms with Crippen LogP contribution in [-0.4, -0.2) is 30.8 Å². The fourth-order valence-electron chi connectivity index (χ4n) is 1.27. The average molecular weight is 225 g/mol. The van der Waals surface area contributed by atoms with E-state index in [-0.39, 0.29) is 17.8 Å². The van der Waals surface area contributed by atoms with Crippen molar-refractivity contribution in [2.45, 2.75) is 11.6 Å². The number of carboxylic acids is 1. The Kier molecular flexibility index (Phi) is 2.33. The fraction of sp³-hybridized carbons (Fsp3) is 0.125. The van der Waals surface area contributed by atoms with Gasteiger partial charge in [0.25, 0.3) is 0 Å². The molecule has 0 bridgehead atoms. The maximum absolute atomic E-state index is 10.8. The molecule has 0 aliphatic heterocycles. The highest BCUT2D eigenvalue weighted by Crippen LogP contribution is 2.14. The van der Waals surface area contributed by atoms with E-state index in [0.717, 1.165) is 0 Å². The highest BCUT2D eigenvalue weighted by Gasteiger charge is 2.14. The first-order chi connectivity index (χ1) is 7.13. The van der Waals surface area contributed by atoms with Crippen molar-refractivity contribution >= 4 is 24.2 Å². The smallest absolute Gasteiger partial charge is 0.341 e. The molecule has 0 unspecified atom stereocenters. The van der Waals surface area contributed by atoms with Crippen molar-refractivity contribution in [3.8, 4) is 0 Å². The molecule has 2 rings (SSSR count). The topological polar surface area (TPSA) is 87.7 Å². The Balaban J connectivity index is 2.80. The Hall–Kier alpha value is -1.60. The minimum atomic E-state index is -1.11. The van der Waals surface area contributed by atoms with Gasteiger partial charge in [-0.05, 0) is 6.07 Å². The van der Waals surface area contributed by atoms with Gasteiger partial charge in [0.05, 0.1) is 23.5 Å². The lowest BCUT2D eigenvalue weighted by Crippen LogP contribution is -2.03. The molecule has 0 amide bonds. The van der Waals surface area contributed by atoms with E-state index in [4.69, 9.17) is 10.2 Å². The van der Waals surface area contributed by atoms with Gasteiger partial charge in [0.1, 0.15) is 5.56 Å². The molecule has 2 N–H and O–H groups in total. The van der Waals surface area contributed by atoms with Crippen LogP contribution in [0.15, 0.2) is 17.3 Å². The van der Waals surface area contributed by atoms with Crippen LogP contribution in [0, 0.1) is 0 Å². The number of aromatic carboxylic acids is 1. The molecular weight excluding hydrogens is 218 g/mol. The summed E-state index contributed by atoms with van der Waals surface area (Å²) in [5.41, 5.74) is 0.608. The molecule has 6 nitrogen and oxygen atoms in total. The second kappa shape index (κ2) is 3.52. The molecule has 2 aromatic heterocycles. The Morgan fingerprint density at radius 2 is 2.33 bits per heavy atom. The molecule has 15 heavy (non-hydrogen) atoms. The first-order valence-electron chi connectivity index (χ1n) is 4.04. The van der Waals surface area contributed by atoms with Crippen molar-refractivity contribution in [2.24, 2.45) is 0 Å². The molecule has 0 spiro atoms. The second-order valence-electron chi connectivity index (χ2n) is 2.86. The summed E-state index contributed by atoms with van der Waals surface area (Å²) in [7, 11) is 0. The molecule has 0 aliphatic rings. The SMILES string of the molecule is O=C(O)c1cnn2c(CO)cc(S)nc12. The molecule has 0 aromatic carbocycles. The molecule has 2 aromatic rings. The van der Waals surface area contributed by atoms with Gasteiger partial charge >= 0.3 is 5.97 Å². The highest BCUT2D eigenvalue weighted by molar-refractivity contribution is 7.80. The van der Waals surface area contributed by atoms with E-state index in [2.05, 4.69) is 22.7 Å². The van der Waals surface area contributed by atoms with Crippen LogP contribution in [0.5, 0.6) is 0 Å². The minimum absolute atomic E-state index is 0.0133. The lowest BCUT2D eigenvalue weighted by atomic mass is 10.3. The van der Waals surface area contributed by atoms with E-state index >= 15 is 0 Å². The van der Waals surface area contributed by atoms with Crippen LogP contribution in [-0.2, 0) is 6.61 Å². The molecule has 78 valence electrons. The molecule has 0 aliphatic carbocycles. The summed E-state index contributed by atoms with van der Waals surface area (Å²) in [6.07, 6.45) is 1.19. The van der Waals surface area contributed by atoms with E-state index in [0.29, 0.717) is 10.7 Å². The summed E-state index contributed by atoms with van der Waals surface area (Å²) in [4.78, 5) is 14.7. The van der Waals surface area contributed by atoms with Crippen LogP contribution in [0.2, 0.25) is 0 Å². The lowest BCUT2D eigenvalue weighted by molar-refractivity contribution is 0.0698. The van der Waals surface area contributed by atoms with Gasteiger partial charge in [-0.15, -0.1) is 12.6 Å². The molecule has 2 heterocycles. The van der Waals surface area contributed by atoms with Gasteiger partial charge < -0.3 is 10.2 Å². The predicted octanol–water partition coefficient (Wildman–Crippen LogP) is 0.208. The summed E-state index contributed by atoms with van der Waals surface area (Å²) in [6.45, 7) is -0.257. The third-order valence-corrected chi connectivity index (χ3v) is 2.15. The van der Waals surface area contributed by atoms with Gasteiger partial charge in [0.2, 0.25) is 0 Å². The standard InChI is InChI=1S/C8H7N3O3S/c12-3-4-1-6(15)10-7-5(8(13)14)2-9-11(4)7/h1-2,12H,3H2,(H,10,15)(H,13,14). The Morgan fingerprint density at radius 1 is 1.60 bits per heavy atom. The summed E-state index contributed by atoms with van der Waals surface area (Å²) in [5, 5.41) is 22.1. The summed E-state index contributed by atoms with van der Waals surface area (Å²) in [5.74, 6) is -1.11. The highest BCUT2D eigenvalue weighted by atomic mass is 32.1. The van der Waals surface area contributed by atoms with Crippen molar-refractivity contribution in [1.82, 2.24) is 14.6 Å². The monoisotopic (exact) mass is 225 g/mol. The van der Waals surface area contributed by atoms with Crippen LogP contribution < -0.4 is 0 Å². The molecule has 0 atom stereocenters. The molecule has 0 saturated carbocycles. The zero-order valence-electron chi connectivity index (χ0n) is 7.45. The van der Waals surface area contributed by atoms with Crippen LogP contribution >= 0.6 is 12.6 Å². The molecule has 0 radical (unpaired) electrons.